The lowest BCUT2D eigenvalue weighted by Crippen LogP contribution is -2.25. The van der Waals surface area contributed by atoms with E-state index in [1.807, 2.05) is 30.3 Å². The van der Waals surface area contributed by atoms with Crippen molar-refractivity contribution in [2.75, 3.05) is 13.2 Å². The lowest BCUT2D eigenvalue weighted by Gasteiger charge is -2.09. The molecule has 0 aliphatic rings. The number of ether oxygens (including phenoxy) is 1. The number of para-hydroxylation sites is 1. The van der Waals surface area contributed by atoms with Crippen molar-refractivity contribution >= 4 is 16.8 Å². The molecule has 0 unspecified atom stereocenters. The summed E-state index contributed by atoms with van der Waals surface area (Å²) in [6.45, 7) is 0.918. The van der Waals surface area contributed by atoms with Crippen LogP contribution in [0.3, 0.4) is 0 Å². The van der Waals surface area contributed by atoms with E-state index in [9.17, 15) is 9.18 Å². The van der Waals surface area contributed by atoms with Crippen molar-refractivity contribution in [1.82, 2.24) is 20.5 Å². The summed E-state index contributed by atoms with van der Waals surface area (Å²) in [5.41, 5.74) is 2.49. The van der Waals surface area contributed by atoms with Crippen LogP contribution in [0.2, 0.25) is 0 Å². The Bertz CT molecular complexity index is 1120. The van der Waals surface area contributed by atoms with Gasteiger partial charge >= 0.3 is 0 Å². The molecule has 7 heteroatoms. The second-order valence-corrected chi connectivity index (χ2v) is 6.46. The van der Waals surface area contributed by atoms with E-state index in [2.05, 4.69) is 20.5 Å². The zero-order valence-corrected chi connectivity index (χ0v) is 15.6. The molecule has 6 nitrogen and oxygen atoms in total. The molecule has 4 rings (SSSR count). The Kier molecular flexibility index (Phi) is 5.47. The van der Waals surface area contributed by atoms with E-state index >= 15 is 0 Å². The molecular formula is C22H19FN4O2. The van der Waals surface area contributed by atoms with Gasteiger partial charge in [0.05, 0.1) is 12.3 Å². The zero-order valence-electron chi connectivity index (χ0n) is 15.6. The first-order chi connectivity index (χ1) is 14.2. The van der Waals surface area contributed by atoms with Crippen LogP contribution in [0.4, 0.5) is 4.39 Å². The van der Waals surface area contributed by atoms with Crippen molar-refractivity contribution in [3.63, 3.8) is 0 Å². The van der Waals surface area contributed by atoms with Gasteiger partial charge < -0.3 is 10.1 Å². The standard InChI is InChI=1S/C22H19FN4O2/c23-17-9-7-15(8-10-17)18-14-19(27-26-18)22(28)25-12-3-13-29-20-6-1-4-16-5-2-11-24-21(16)20/h1-2,4-11,14H,3,12-13H2,(H,25,28)(H,26,27). The molecule has 2 aromatic carbocycles. The number of rotatable bonds is 7. The van der Waals surface area contributed by atoms with Gasteiger partial charge in [-0.2, -0.15) is 5.10 Å². The number of aromatic amines is 1. The van der Waals surface area contributed by atoms with Crippen LogP contribution in [-0.4, -0.2) is 34.2 Å². The van der Waals surface area contributed by atoms with Gasteiger partial charge in [-0.25, -0.2) is 4.39 Å². The fraction of sp³-hybridized carbons (Fsp3) is 0.136. The highest BCUT2D eigenvalue weighted by molar-refractivity contribution is 5.93. The average Bonchev–Trinajstić information content (AvgIpc) is 3.24. The van der Waals surface area contributed by atoms with Crippen molar-refractivity contribution in [2.24, 2.45) is 0 Å². The van der Waals surface area contributed by atoms with E-state index in [1.165, 1.54) is 12.1 Å². The molecule has 0 spiro atoms. The Labute approximate surface area is 166 Å². The Balaban J connectivity index is 1.27. The highest BCUT2D eigenvalue weighted by atomic mass is 19.1. The summed E-state index contributed by atoms with van der Waals surface area (Å²) in [6.07, 6.45) is 2.38. The van der Waals surface area contributed by atoms with Gasteiger partial charge in [-0.15, -0.1) is 0 Å². The first-order valence-electron chi connectivity index (χ1n) is 9.27. The SMILES string of the molecule is O=C(NCCCOc1cccc2cccnc12)c1cc(-c2ccc(F)cc2)n[nH]1. The summed E-state index contributed by atoms with van der Waals surface area (Å²) < 4.78 is 18.8. The fourth-order valence-electron chi connectivity index (χ4n) is 2.95. The number of carbonyl (C=O) groups excluding carboxylic acids is 1. The van der Waals surface area contributed by atoms with Crippen LogP contribution in [0.25, 0.3) is 22.2 Å². The smallest absolute Gasteiger partial charge is 0.269 e. The molecule has 0 aliphatic carbocycles. The molecule has 0 fully saturated rings. The van der Waals surface area contributed by atoms with Crippen molar-refractivity contribution in [2.45, 2.75) is 6.42 Å². The summed E-state index contributed by atoms with van der Waals surface area (Å²) in [7, 11) is 0. The molecule has 2 heterocycles. The quantitative estimate of drug-likeness (QED) is 0.468. The van der Waals surface area contributed by atoms with Gasteiger partial charge in [-0.3, -0.25) is 14.9 Å². The van der Waals surface area contributed by atoms with Crippen molar-refractivity contribution in [3.8, 4) is 17.0 Å². The van der Waals surface area contributed by atoms with Crippen LogP contribution in [-0.2, 0) is 0 Å². The Morgan fingerprint density at radius 1 is 1.10 bits per heavy atom. The van der Waals surface area contributed by atoms with Crippen molar-refractivity contribution < 1.29 is 13.9 Å². The van der Waals surface area contributed by atoms with E-state index in [1.54, 1.807) is 24.4 Å². The summed E-state index contributed by atoms with van der Waals surface area (Å²) in [5, 5.41) is 10.7. The summed E-state index contributed by atoms with van der Waals surface area (Å²) in [5.74, 6) is 0.161. The Morgan fingerprint density at radius 3 is 2.79 bits per heavy atom. The summed E-state index contributed by atoms with van der Waals surface area (Å²) >= 11 is 0. The molecule has 4 aromatic rings. The monoisotopic (exact) mass is 390 g/mol. The molecule has 1 amide bonds. The number of pyridine rings is 1. The number of fused-ring (bicyclic) bond motifs is 1. The topological polar surface area (TPSA) is 79.9 Å². The number of H-pyrrole nitrogens is 1. The van der Waals surface area contributed by atoms with E-state index in [-0.39, 0.29) is 11.7 Å². The molecule has 0 radical (unpaired) electrons. The number of carbonyl (C=O) groups is 1. The Hall–Kier alpha value is -3.74. The molecule has 0 saturated heterocycles. The predicted molar refractivity (Wildman–Crippen MR) is 108 cm³/mol. The van der Waals surface area contributed by atoms with Gasteiger partial charge in [0.1, 0.15) is 22.8 Å². The maximum atomic E-state index is 13.0. The average molecular weight is 390 g/mol. The van der Waals surface area contributed by atoms with Gasteiger partial charge in [-0.05, 0) is 48.9 Å². The second kappa shape index (κ2) is 8.52. The third-order valence-corrected chi connectivity index (χ3v) is 4.42. The highest BCUT2D eigenvalue weighted by Gasteiger charge is 2.11. The summed E-state index contributed by atoms with van der Waals surface area (Å²) in [6, 6.07) is 17.3. The molecular weight excluding hydrogens is 371 g/mol. The third kappa shape index (κ3) is 4.40. The normalized spacial score (nSPS) is 10.8. The summed E-state index contributed by atoms with van der Waals surface area (Å²) in [4.78, 5) is 16.6. The highest BCUT2D eigenvalue weighted by Crippen LogP contribution is 2.23. The van der Waals surface area contributed by atoms with Gasteiger partial charge in [0.15, 0.2) is 0 Å². The van der Waals surface area contributed by atoms with Gasteiger partial charge in [0.2, 0.25) is 0 Å². The first-order valence-corrected chi connectivity index (χ1v) is 9.27. The van der Waals surface area contributed by atoms with Crippen LogP contribution in [0.1, 0.15) is 16.9 Å². The van der Waals surface area contributed by atoms with Crippen molar-refractivity contribution in [1.29, 1.82) is 0 Å². The van der Waals surface area contributed by atoms with Crippen LogP contribution in [0.5, 0.6) is 5.75 Å². The maximum absolute atomic E-state index is 13.0. The molecule has 2 aromatic heterocycles. The molecule has 146 valence electrons. The minimum Gasteiger partial charge on any atom is -0.491 e. The second-order valence-electron chi connectivity index (χ2n) is 6.46. The number of nitrogens with zero attached hydrogens (tertiary/aromatic N) is 2. The van der Waals surface area contributed by atoms with Crippen molar-refractivity contribution in [3.05, 3.63) is 78.4 Å². The molecule has 0 bridgehead atoms. The number of benzene rings is 2. The first kappa shape index (κ1) is 18.6. The Morgan fingerprint density at radius 2 is 1.93 bits per heavy atom. The van der Waals surface area contributed by atoms with E-state index in [0.717, 1.165) is 22.2 Å². The largest absolute Gasteiger partial charge is 0.491 e. The van der Waals surface area contributed by atoms with Gasteiger partial charge in [-0.1, -0.05) is 18.2 Å². The third-order valence-electron chi connectivity index (χ3n) is 4.42. The number of halogens is 1. The van der Waals surface area contributed by atoms with Crippen LogP contribution in [0, 0.1) is 5.82 Å². The number of aromatic nitrogens is 3. The fourth-order valence-corrected chi connectivity index (χ4v) is 2.95. The number of hydrogen-bond acceptors (Lipinski definition) is 4. The minimum atomic E-state index is -0.316. The van der Waals surface area contributed by atoms with Crippen LogP contribution >= 0.6 is 0 Å². The van der Waals surface area contributed by atoms with E-state index in [0.29, 0.717) is 31.0 Å². The number of hydrogen-bond donors (Lipinski definition) is 2. The zero-order chi connectivity index (χ0) is 20.1. The predicted octanol–water partition coefficient (Wildman–Crippen LogP) is 3.96. The van der Waals surface area contributed by atoms with Crippen LogP contribution < -0.4 is 10.1 Å². The van der Waals surface area contributed by atoms with E-state index < -0.39 is 0 Å². The molecule has 0 saturated carbocycles. The minimum absolute atomic E-state index is 0.252. The lowest BCUT2D eigenvalue weighted by molar-refractivity contribution is 0.0946. The van der Waals surface area contributed by atoms with Gasteiger partial charge in [0, 0.05) is 23.7 Å². The molecule has 0 atom stereocenters. The molecule has 29 heavy (non-hydrogen) atoms. The maximum Gasteiger partial charge on any atom is 0.269 e. The molecule has 2 N–H and O–H groups in total. The molecule has 0 aliphatic heterocycles. The van der Waals surface area contributed by atoms with E-state index in [4.69, 9.17) is 4.74 Å². The van der Waals surface area contributed by atoms with Crippen LogP contribution in [0.15, 0.2) is 66.9 Å². The van der Waals surface area contributed by atoms with Gasteiger partial charge in [0.25, 0.3) is 5.91 Å². The lowest BCUT2D eigenvalue weighted by atomic mass is 10.1. The number of amides is 1. The number of nitrogens with one attached hydrogen (secondary N) is 2.